The fourth-order valence-electron chi connectivity index (χ4n) is 2.67. The number of nitrogens with zero attached hydrogens (tertiary/aromatic N) is 1. The molecule has 1 heterocycles. The minimum Gasteiger partial charge on any atom is -0.382 e. The highest BCUT2D eigenvalue weighted by Crippen LogP contribution is 2.35. The third kappa shape index (κ3) is 4.73. The van der Waals surface area contributed by atoms with Crippen LogP contribution in [0.15, 0.2) is 12.1 Å². The van der Waals surface area contributed by atoms with E-state index in [0.29, 0.717) is 31.0 Å². The van der Waals surface area contributed by atoms with Gasteiger partial charge in [0, 0.05) is 17.8 Å². The van der Waals surface area contributed by atoms with Crippen molar-refractivity contribution in [3.63, 3.8) is 0 Å². The van der Waals surface area contributed by atoms with Gasteiger partial charge in [0.25, 0.3) is 0 Å². The van der Waals surface area contributed by atoms with Crippen molar-refractivity contribution in [2.75, 3.05) is 12.4 Å². The zero-order valence-corrected chi connectivity index (χ0v) is 12.4. The largest absolute Gasteiger partial charge is 0.433 e. The number of nitrogens with one attached hydrogen (secondary N) is 2. The number of hydrogen-bond donors (Lipinski definition) is 2. The monoisotopic (exact) mass is 341 g/mol. The number of hydrogen-bond acceptors (Lipinski definition) is 3. The third-order valence-corrected chi connectivity index (χ3v) is 3.91. The van der Waals surface area contributed by atoms with Crippen molar-refractivity contribution in [2.45, 2.75) is 50.1 Å². The summed E-state index contributed by atoms with van der Waals surface area (Å²) in [5, 5.41) is 5.89. The number of halogens is 6. The lowest BCUT2D eigenvalue weighted by Gasteiger charge is -2.29. The van der Waals surface area contributed by atoms with E-state index in [2.05, 4.69) is 15.6 Å². The molecule has 0 radical (unpaired) electrons. The SMILES string of the molecule is CNC1CCC(Nc2cc(C(F)(F)F)nc(C(F)(F)F)c2)CC1. The smallest absolute Gasteiger partial charge is 0.382 e. The van der Waals surface area contributed by atoms with E-state index in [1.54, 1.807) is 0 Å². The van der Waals surface area contributed by atoms with Crippen molar-refractivity contribution in [2.24, 2.45) is 0 Å². The van der Waals surface area contributed by atoms with Gasteiger partial charge in [0.15, 0.2) is 0 Å². The molecule has 1 aliphatic carbocycles. The quantitative estimate of drug-likeness (QED) is 0.814. The lowest BCUT2D eigenvalue weighted by molar-refractivity contribution is -0.150. The summed E-state index contributed by atoms with van der Waals surface area (Å²) in [6, 6.07) is 1.44. The van der Waals surface area contributed by atoms with Crippen molar-refractivity contribution >= 4 is 5.69 Å². The zero-order chi connectivity index (χ0) is 17.3. The molecule has 3 nitrogen and oxygen atoms in total. The first kappa shape index (κ1) is 17.8. The molecule has 0 amide bonds. The molecule has 1 aliphatic rings. The molecule has 1 aromatic heterocycles. The highest BCUT2D eigenvalue weighted by atomic mass is 19.4. The first-order valence-electron chi connectivity index (χ1n) is 7.20. The predicted molar refractivity (Wildman–Crippen MR) is 73.0 cm³/mol. The van der Waals surface area contributed by atoms with Crippen LogP contribution in [0.1, 0.15) is 37.1 Å². The van der Waals surface area contributed by atoms with Gasteiger partial charge in [-0.3, -0.25) is 0 Å². The van der Waals surface area contributed by atoms with Crippen molar-refractivity contribution in [3.05, 3.63) is 23.5 Å². The van der Waals surface area contributed by atoms with Gasteiger partial charge in [-0.25, -0.2) is 4.98 Å². The van der Waals surface area contributed by atoms with Gasteiger partial charge in [-0.1, -0.05) is 0 Å². The van der Waals surface area contributed by atoms with E-state index < -0.39 is 23.7 Å². The molecule has 23 heavy (non-hydrogen) atoms. The summed E-state index contributed by atoms with van der Waals surface area (Å²) in [6.45, 7) is 0. The van der Waals surface area contributed by atoms with E-state index in [1.807, 2.05) is 7.05 Å². The molecule has 2 rings (SSSR count). The number of anilines is 1. The van der Waals surface area contributed by atoms with Crippen LogP contribution in [0.25, 0.3) is 0 Å². The Kier molecular flexibility index (Phi) is 5.07. The Balaban J connectivity index is 2.21. The predicted octanol–water partition coefficient (Wildman–Crippen LogP) is 4.06. The molecule has 1 aromatic rings. The summed E-state index contributed by atoms with van der Waals surface area (Å²) in [6.07, 6.45) is -6.87. The van der Waals surface area contributed by atoms with Crippen LogP contribution < -0.4 is 10.6 Å². The maximum atomic E-state index is 12.7. The number of alkyl halides is 6. The molecule has 1 saturated carbocycles. The van der Waals surface area contributed by atoms with Crippen LogP contribution in [0, 0.1) is 0 Å². The summed E-state index contributed by atoms with van der Waals surface area (Å²) in [5.74, 6) is 0. The molecule has 1 fully saturated rings. The standard InChI is InChI=1S/C14H17F6N3/c1-21-8-2-4-9(5-3-8)22-10-6-11(13(15,16)17)23-12(7-10)14(18,19)20/h6-9,21H,2-5H2,1H3,(H,22,23). The molecule has 130 valence electrons. The minimum atomic E-state index is -4.93. The normalized spacial score (nSPS) is 22.9. The molecular formula is C14H17F6N3. The average Bonchev–Trinajstić information content (AvgIpc) is 2.46. The Labute approximate surface area is 129 Å². The highest BCUT2D eigenvalue weighted by molar-refractivity contribution is 5.47. The molecule has 0 unspecified atom stereocenters. The molecule has 0 spiro atoms. The van der Waals surface area contributed by atoms with Crippen LogP contribution in [0.3, 0.4) is 0 Å². The van der Waals surface area contributed by atoms with Gasteiger partial charge in [0.05, 0.1) is 0 Å². The van der Waals surface area contributed by atoms with Crippen LogP contribution in [0.5, 0.6) is 0 Å². The number of aromatic nitrogens is 1. The van der Waals surface area contributed by atoms with Crippen LogP contribution in [0.4, 0.5) is 32.0 Å². The van der Waals surface area contributed by atoms with Crippen molar-refractivity contribution < 1.29 is 26.3 Å². The zero-order valence-electron chi connectivity index (χ0n) is 12.4. The minimum absolute atomic E-state index is 0.149. The second-order valence-electron chi connectivity index (χ2n) is 5.60. The Morgan fingerprint density at radius 3 is 1.70 bits per heavy atom. The number of rotatable bonds is 3. The van der Waals surface area contributed by atoms with Gasteiger partial charge in [-0.2, -0.15) is 26.3 Å². The molecule has 0 bridgehead atoms. The van der Waals surface area contributed by atoms with Crippen LogP contribution in [-0.2, 0) is 12.4 Å². The Morgan fingerprint density at radius 2 is 1.30 bits per heavy atom. The number of pyridine rings is 1. The van der Waals surface area contributed by atoms with E-state index in [-0.39, 0.29) is 11.7 Å². The van der Waals surface area contributed by atoms with E-state index in [4.69, 9.17) is 0 Å². The van der Waals surface area contributed by atoms with Crippen molar-refractivity contribution in [1.29, 1.82) is 0 Å². The molecule has 9 heteroatoms. The van der Waals surface area contributed by atoms with Gasteiger partial charge in [-0.05, 0) is 44.9 Å². The second kappa shape index (κ2) is 6.54. The molecule has 0 aliphatic heterocycles. The average molecular weight is 341 g/mol. The van der Waals surface area contributed by atoms with Gasteiger partial charge in [0.2, 0.25) is 0 Å². The van der Waals surface area contributed by atoms with Gasteiger partial charge < -0.3 is 10.6 Å². The van der Waals surface area contributed by atoms with Crippen LogP contribution in [-0.4, -0.2) is 24.1 Å². The molecule has 0 saturated heterocycles. The van der Waals surface area contributed by atoms with E-state index in [1.165, 1.54) is 0 Å². The highest BCUT2D eigenvalue weighted by Gasteiger charge is 2.39. The van der Waals surface area contributed by atoms with Gasteiger partial charge >= 0.3 is 12.4 Å². The molecule has 0 aromatic carbocycles. The maximum absolute atomic E-state index is 12.7. The first-order chi connectivity index (χ1) is 10.6. The van der Waals surface area contributed by atoms with Crippen molar-refractivity contribution in [1.82, 2.24) is 10.3 Å². The summed E-state index contributed by atoms with van der Waals surface area (Å²) in [5.41, 5.74) is -3.29. The van der Waals surface area contributed by atoms with E-state index in [0.717, 1.165) is 12.8 Å². The van der Waals surface area contributed by atoms with E-state index >= 15 is 0 Å². The van der Waals surface area contributed by atoms with Crippen LogP contribution in [0.2, 0.25) is 0 Å². The Bertz CT molecular complexity index is 500. The molecule has 2 N–H and O–H groups in total. The topological polar surface area (TPSA) is 37.0 Å². The molecule has 0 atom stereocenters. The van der Waals surface area contributed by atoms with Gasteiger partial charge in [-0.15, -0.1) is 0 Å². The van der Waals surface area contributed by atoms with E-state index in [9.17, 15) is 26.3 Å². The summed E-state index contributed by atoms with van der Waals surface area (Å²) >= 11 is 0. The third-order valence-electron chi connectivity index (χ3n) is 3.91. The maximum Gasteiger partial charge on any atom is 0.433 e. The summed E-state index contributed by atoms with van der Waals surface area (Å²) in [7, 11) is 1.83. The van der Waals surface area contributed by atoms with Gasteiger partial charge in [0.1, 0.15) is 11.4 Å². The second-order valence-corrected chi connectivity index (χ2v) is 5.60. The lowest BCUT2D eigenvalue weighted by atomic mass is 9.91. The Morgan fingerprint density at radius 1 is 0.870 bits per heavy atom. The first-order valence-corrected chi connectivity index (χ1v) is 7.20. The Hall–Kier alpha value is -1.51. The van der Waals surface area contributed by atoms with Crippen LogP contribution >= 0.6 is 0 Å². The summed E-state index contributed by atoms with van der Waals surface area (Å²) in [4.78, 5) is 2.69. The fraction of sp³-hybridized carbons (Fsp3) is 0.643. The molecular weight excluding hydrogens is 324 g/mol. The van der Waals surface area contributed by atoms with Crippen molar-refractivity contribution in [3.8, 4) is 0 Å². The fourth-order valence-corrected chi connectivity index (χ4v) is 2.67. The summed E-state index contributed by atoms with van der Waals surface area (Å²) < 4.78 is 76.5. The lowest BCUT2D eigenvalue weighted by Crippen LogP contribution is -2.35.